The van der Waals surface area contributed by atoms with Crippen molar-refractivity contribution in [2.45, 2.75) is 30.5 Å². The van der Waals surface area contributed by atoms with Gasteiger partial charge in [-0.05, 0) is 36.9 Å². The van der Waals surface area contributed by atoms with Crippen LogP contribution in [0.4, 0.5) is 0 Å². The molecular weight excluding hydrogens is 298 g/mol. The van der Waals surface area contributed by atoms with E-state index in [0.29, 0.717) is 11.0 Å². The molecule has 0 saturated carbocycles. The molecule has 0 bridgehead atoms. The van der Waals surface area contributed by atoms with Crippen LogP contribution in [0.25, 0.3) is 11.4 Å². The molecule has 3 aromatic heterocycles. The van der Waals surface area contributed by atoms with Gasteiger partial charge in [0.1, 0.15) is 5.03 Å². The van der Waals surface area contributed by atoms with Gasteiger partial charge in [-0.25, -0.2) is 14.6 Å². The second-order valence-electron chi connectivity index (χ2n) is 4.64. The molecule has 0 atom stereocenters. The molecule has 2 N–H and O–H groups in total. The predicted octanol–water partition coefficient (Wildman–Crippen LogP) is 1.87. The Hall–Kier alpha value is -2.48. The highest BCUT2D eigenvalue weighted by molar-refractivity contribution is 7.99. The molecule has 0 saturated heterocycles. The van der Waals surface area contributed by atoms with E-state index in [2.05, 4.69) is 25.1 Å². The molecule has 0 aromatic carbocycles. The van der Waals surface area contributed by atoms with Crippen LogP contribution in [0.1, 0.15) is 18.4 Å². The van der Waals surface area contributed by atoms with Crippen molar-refractivity contribution in [2.75, 3.05) is 5.84 Å². The van der Waals surface area contributed by atoms with Gasteiger partial charge in [-0.1, -0.05) is 6.92 Å². The van der Waals surface area contributed by atoms with E-state index in [1.165, 1.54) is 16.4 Å². The molecule has 0 aliphatic rings. The third kappa shape index (κ3) is 2.91. The van der Waals surface area contributed by atoms with E-state index in [9.17, 15) is 0 Å². The minimum absolute atomic E-state index is 0.604. The van der Waals surface area contributed by atoms with E-state index >= 15 is 0 Å². The maximum Gasteiger partial charge on any atom is 0.216 e. The molecule has 8 heteroatoms. The highest BCUT2D eigenvalue weighted by atomic mass is 32.2. The summed E-state index contributed by atoms with van der Waals surface area (Å²) < 4.78 is 1.49. The molecule has 0 amide bonds. The lowest BCUT2D eigenvalue weighted by atomic mass is 10.2. The summed E-state index contributed by atoms with van der Waals surface area (Å²) >= 11 is 1.37. The summed E-state index contributed by atoms with van der Waals surface area (Å²) in [7, 11) is 0. The van der Waals surface area contributed by atoms with E-state index in [1.54, 1.807) is 12.4 Å². The molecule has 0 aliphatic heterocycles. The van der Waals surface area contributed by atoms with Crippen molar-refractivity contribution >= 4 is 11.8 Å². The lowest BCUT2D eigenvalue weighted by Gasteiger charge is -2.05. The van der Waals surface area contributed by atoms with Crippen LogP contribution < -0.4 is 5.84 Å². The number of hydrogen-bond donors (Lipinski definition) is 1. The van der Waals surface area contributed by atoms with Crippen LogP contribution in [0.3, 0.4) is 0 Å². The van der Waals surface area contributed by atoms with Crippen molar-refractivity contribution < 1.29 is 0 Å². The quantitative estimate of drug-likeness (QED) is 0.580. The summed E-state index contributed by atoms with van der Waals surface area (Å²) in [5.74, 6) is 7.34. The van der Waals surface area contributed by atoms with Gasteiger partial charge in [-0.3, -0.25) is 4.98 Å². The molecule has 0 aliphatic carbocycles. The Kier molecular flexibility index (Phi) is 4.01. The summed E-state index contributed by atoms with van der Waals surface area (Å²) in [4.78, 5) is 13.1. The maximum atomic E-state index is 5.97. The van der Waals surface area contributed by atoms with Gasteiger partial charge >= 0.3 is 0 Å². The zero-order valence-electron chi connectivity index (χ0n) is 12.3. The Morgan fingerprint density at radius 1 is 1.27 bits per heavy atom. The van der Waals surface area contributed by atoms with E-state index in [4.69, 9.17) is 5.84 Å². The maximum absolute atomic E-state index is 5.97. The molecule has 0 unspecified atom stereocenters. The predicted molar refractivity (Wildman–Crippen MR) is 83.7 cm³/mol. The molecule has 0 spiro atoms. The largest absolute Gasteiger partial charge is 0.336 e. The van der Waals surface area contributed by atoms with Crippen molar-refractivity contribution in [3.05, 3.63) is 42.1 Å². The molecule has 3 aromatic rings. The van der Waals surface area contributed by atoms with Crippen LogP contribution in [0, 0.1) is 6.92 Å². The zero-order valence-corrected chi connectivity index (χ0v) is 13.1. The third-order valence-electron chi connectivity index (χ3n) is 3.00. The summed E-state index contributed by atoms with van der Waals surface area (Å²) in [5.41, 5.74) is 1.74. The van der Waals surface area contributed by atoms with Gasteiger partial charge in [-0.15, -0.1) is 10.2 Å². The monoisotopic (exact) mass is 313 g/mol. The van der Waals surface area contributed by atoms with Crippen LogP contribution in [0.15, 0.2) is 40.8 Å². The topological polar surface area (TPSA) is 95.4 Å². The highest BCUT2D eigenvalue weighted by Gasteiger charge is 2.12. The SMILES string of the molecule is CCc1nnc(Sc2cc(C)nc(-c3cccnc3)n2)n1N. The van der Waals surface area contributed by atoms with Gasteiger partial charge in [-0.2, -0.15) is 0 Å². The highest BCUT2D eigenvalue weighted by Crippen LogP contribution is 2.26. The molecular formula is C14H15N7S. The number of aryl methyl sites for hydroxylation is 2. The van der Waals surface area contributed by atoms with E-state index < -0.39 is 0 Å². The normalized spacial score (nSPS) is 10.8. The lowest BCUT2D eigenvalue weighted by Crippen LogP contribution is -2.13. The van der Waals surface area contributed by atoms with Gasteiger partial charge in [0, 0.05) is 30.1 Å². The fourth-order valence-electron chi connectivity index (χ4n) is 1.93. The fourth-order valence-corrected chi connectivity index (χ4v) is 2.76. The lowest BCUT2D eigenvalue weighted by molar-refractivity contribution is 0.794. The molecule has 112 valence electrons. The van der Waals surface area contributed by atoms with Gasteiger partial charge in [0.2, 0.25) is 5.16 Å². The van der Waals surface area contributed by atoms with Crippen LogP contribution >= 0.6 is 11.8 Å². The minimum Gasteiger partial charge on any atom is -0.336 e. The van der Waals surface area contributed by atoms with E-state index in [-0.39, 0.29) is 0 Å². The number of nitrogens with zero attached hydrogens (tertiary/aromatic N) is 6. The first kappa shape index (κ1) is 14.5. The van der Waals surface area contributed by atoms with Gasteiger partial charge in [0.05, 0.1) is 0 Å². The van der Waals surface area contributed by atoms with Crippen LogP contribution in [-0.4, -0.2) is 29.8 Å². The van der Waals surface area contributed by atoms with Crippen LogP contribution in [0.2, 0.25) is 0 Å². The average Bonchev–Trinajstić information content (AvgIpc) is 2.88. The number of nitrogen functional groups attached to an aromatic ring is 1. The zero-order chi connectivity index (χ0) is 15.5. The molecule has 3 rings (SSSR count). The number of nitrogens with two attached hydrogens (primary N) is 1. The Morgan fingerprint density at radius 3 is 2.82 bits per heavy atom. The van der Waals surface area contributed by atoms with Gasteiger partial charge in [0.15, 0.2) is 11.6 Å². The Bertz CT molecular complexity index is 785. The van der Waals surface area contributed by atoms with Gasteiger partial charge in [0.25, 0.3) is 0 Å². The molecule has 0 fully saturated rings. The minimum atomic E-state index is 0.604. The van der Waals surface area contributed by atoms with Gasteiger partial charge < -0.3 is 5.84 Å². The third-order valence-corrected chi connectivity index (χ3v) is 3.88. The second-order valence-corrected chi connectivity index (χ2v) is 5.62. The molecule has 22 heavy (non-hydrogen) atoms. The first-order chi connectivity index (χ1) is 10.7. The number of aromatic nitrogens is 6. The average molecular weight is 313 g/mol. The van der Waals surface area contributed by atoms with Crippen molar-refractivity contribution in [1.29, 1.82) is 0 Å². The van der Waals surface area contributed by atoms with Crippen LogP contribution in [-0.2, 0) is 6.42 Å². The fraction of sp³-hybridized carbons (Fsp3) is 0.214. The van der Waals surface area contributed by atoms with Crippen molar-refractivity contribution in [2.24, 2.45) is 0 Å². The van der Waals surface area contributed by atoms with Crippen LogP contribution in [0.5, 0.6) is 0 Å². The van der Waals surface area contributed by atoms with Crippen molar-refractivity contribution in [3.8, 4) is 11.4 Å². The Morgan fingerprint density at radius 2 is 2.14 bits per heavy atom. The van der Waals surface area contributed by atoms with Crippen molar-refractivity contribution in [3.63, 3.8) is 0 Å². The summed E-state index contributed by atoms with van der Waals surface area (Å²) in [6.45, 7) is 3.91. The number of rotatable bonds is 4. The molecule has 0 radical (unpaired) electrons. The summed E-state index contributed by atoms with van der Waals surface area (Å²) in [5, 5.41) is 9.51. The number of pyridine rings is 1. The Balaban J connectivity index is 1.94. The second kappa shape index (κ2) is 6.10. The Labute approximate surface area is 132 Å². The molecule has 3 heterocycles. The first-order valence-electron chi connectivity index (χ1n) is 6.80. The smallest absolute Gasteiger partial charge is 0.216 e. The van der Waals surface area contributed by atoms with E-state index in [1.807, 2.05) is 32.0 Å². The summed E-state index contributed by atoms with van der Waals surface area (Å²) in [6.07, 6.45) is 4.19. The summed E-state index contributed by atoms with van der Waals surface area (Å²) in [6, 6.07) is 5.68. The first-order valence-corrected chi connectivity index (χ1v) is 7.62. The van der Waals surface area contributed by atoms with E-state index in [0.717, 1.165) is 28.5 Å². The van der Waals surface area contributed by atoms with Crippen molar-refractivity contribution in [1.82, 2.24) is 29.8 Å². The number of hydrogen-bond acceptors (Lipinski definition) is 7. The molecule has 7 nitrogen and oxygen atoms in total. The standard InChI is InChI=1S/C14H15N7S/c1-3-11-19-20-14(21(11)15)22-12-7-9(2)17-13(18-12)10-5-4-6-16-8-10/h4-8H,3,15H2,1-2H3.